The van der Waals surface area contributed by atoms with E-state index in [1.807, 2.05) is 24.3 Å². The van der Waals surface area contributed by atoms with Crippen molar-refractivity contribution in [2.75, 3.05) is 60.6 Å². The number of morpholine rings is 1. The minimum atomic E-state index is -3.60. The van der Waals surface area contributed by atoms with Crippen LogP contribution in [0.2, 0.25) is 0 Å². The molecule has 1 fully saturated rings. The Bertz CT molecular complexity index is 1200. The smallest absolute Gasteiger partial charge is 0.289 e. The topological polar surface area (TPSA) is 99.6 Å². The van der Waals surface area contributed by atoms with Crippen LogP contribution < -0.4 is 4.74 Å². The minimum absolute atomic E-state index is 0.143. The molecule has 2 heterocycles. The standard InChI is InChI=1S/C26H33N3O6S/c1-27(2)36(32,33)22-11-7-19(8-12-22)23-24(20-5-9-21(34-3)10-6-20)29(26(31)25(23)30)14-4-13-28-15-17-35-18-16-28/h5-12,24,30H,4,13-18H2,1-3H3/t24-/m0/s1. The third-order valence-corrected chi connectivity index (χ3v) is 8.49. The number of rotatable bonds is 9. The SMILES string of the molecule is COc1ccc([C@H]2C(c3ccc(S(=O)(=O)N(C)C)cc3)=C(O)C(=O)N2CCCN2CCOCC2)cc1. The number of hydrogen-bond donors (Lipinski definition) is 1. The minimum Gasteiger partial charge on any atom is -0.503 e. The van der Waals surface area contributed by atoms with E-state index < -0.39 is 22.0 Å². The van der Waals surface area contributed by atoms with Gasteiger partial charge in [0.1, 0.15) is 5.75 Å². The van der Waals surface area contributed by atoms with E-state index in [1.54, 1.807) is 24.1 Å². The van der Waals surface area contributed by atoms with Gasteiger partial charge >= 0.3 is 0 Å². The maximum Gasteiger partial charge on any atom is 0.289 e. The fourth-order valence-corrected chi connectivity index (χ4v) is 5.52. The predicted octanol–water partition coefficient (Wildman–Crippen LogP) is 2.52. The summed E-state index contributed by atoms with van der Waals surface area (Å²) in [6.07, 6.45) is 0.749. The Morgan fingerprint density at radius 2 is 1.67 bits per heavy atom. The van der Waals surface area contributed by atoms with Gasteiger partial charge in [0, 0.05) is 45.8 Å². The summed E-state index contributed by atoms with van der Waals surface area (Å²) in [5.74, 6) is -0.0573. The summed E-state index contributed by atoms with van der Waals surface area (Å²) >= 11 is 0. The summed E-state index contributed by atoms with van der Waals surface area (Å²) in [4.78, 5) is 17.4. The lowest BCUT2D eigenvalue weighted by molar-refractivity contribution is -0.129. The number of ether oxygens (including phenoxy) is 2. The summed E-state index contributed by atoms with van der Waals surface area (Å²) in [6, 6.07) is 13.2. The van der Waals surface area contributed by atoms with Gasteiger partial charge in [-0.1, -0.05) is 24.3 Å². The predicted molar refractivity (Wildman–Crippen MR) is 136 cm³/mol. The number of amides is 1. The van der Waals surface area contributed by atoms with Gasteiger partial charge in [0.25, 0.3) is 5.91 Å². The average molecular weight is 516 g/mol. The van der Waals surface area contributed by atoms with Gasteiger partial charge in [-0.15, -0.1) is 0 Å². The molecule has 0 aliphatic carbocycles. The highest BCUT2D eigenvalue weighted by atomic mass is 32.2. The van der Waals surface area contributed by atoms with Crippen molar-refractivity contribution in [3.63, 3.8) is 0 Å². The average Bonchev–Trinajstić information content (AvgIpc) is 3.14. The van der Waals surface area contributed by atoms with Crippen LogP contribution in [0.25, 0.3) is 5.57 Å². The van der Waals surface area contributed by atoms with Crippen molar-refractivity contribution in [2.45, 2.75) is 17.4 Å². The first-order valence-electron chi connectivity index (χ1n) is 11.9. The number of nitrogens with zero attached hydrogens (tertiary/aromatic N) is 3. The van der Waals surface area contributed by atoms with Gasteiger partial charge < -0.3 is 19.5 Å². The van der Waals surface area contributed by atoms with E-state index in [2.05, 4.69) is 4.90 Å². The molecule has 9 nitrogen and oxygen atoms in total. The van der Waals surface area contributed by atoms with Crippen molar-refractivity contribution < 1.29 is 27.8 Å². The van der Waals surface area contributed by atoms with Crippen LogP contribution in [-0.2, 0) is 19.6 Å². The lowest BCUT2D eigenvalue weighted by atomic mass is 9.93. The number of sulfonamides is 1. The molecular weight excluding hydrogens is 482 g/mol. The molecule has 1 atom stereocenters. The van der Waals surface area contributed by atoms with Gasteiger partial charge in [0.2, 0.25) is 10.0 Å². The number of methoxy groups -OCH3 is 1. The van der Waals surface area contributed by atoms with Crippen LogP contribution in [-0.4, -0.2) is 94.1 Å². The fraction of sp³-hybridized carbons (Fsp3) is 0.423. The lowest BCUT2D eigenvalue weighted by Gasteiger charge is -2.30. The molecule has 2 aromatic carbocycles. The molecule has 0 unspecified atom stereocenters. The van der Waals surface area contributed by atoms with E-state index in [4.69, 9.17) is 9.47 Å². The Balaban J connectivity index is 1.64. The number of carbonyl (C=O) groups is 1. The molecule has 1 N–H and O–H groups in total. The maximum atomic E-state index is 13.3. The zero-order valence-electron chi connectivity index (χ0n) is 20.9. The molecule has 194 valence electrons. The molecule has 0 bridgehead atoms. The van der Waals surface area contributed by atoms with Gasteiger partial charge in [-0.05, 0) is 41.8 Å². The largest absolute Gasteiger partial charge is 0.503 e. The Labute approximate surface area is 212 Å². The first kappa shape index (κ1) is 26.2. The monoisotopic (exact) mass is 515 g/mol. The van der Waals surface area contributed by atoms with E-state index in [-0.39, 0.29) is 10.7 Å². The van der Waals surface area contributed by atoms with Gasteiger partial charge in [-0.25, -0.2) is 12.7 Å². The number of aliphatic hydroxyl groups is 1. The molecule has 0 radical (unpaired) electrons. The van der Waals surface area contributed by atoms with Crippen LogP contribution in [0, 0.1) is 0 Å². The molecule has 2 aromatic rings. The second-order valence-corrected chi connectivity index (χ2v) is 11.2. The highest BCUT2D eigenvalue weighted by Gasteiger charge is 2.40. The van der Waals surface area contributed by atoms with Crippen molar-refractivity contribution >= 4 is 21.5 Å². The van der Waals surface area contributed by atoms with E-state index in [0.29, 0.717) is 36.6 Å². The zero-order valence-corrected chi connectivity index (χ0v) is 21.7. The molecule has 0 saturated carbocycles. The molecule has 0 aromatic heterocycles. The van der Waals surface area contributed by atoms with E-state index in [9.17, 15) is 18.3 Å². The third kappa shape index (κ3) is 5.27. The van der Waals surface area contributed by atoms with E-state index >= 15 is 0 Å². The first-order valence-corrected chi connectivity index (χ1v) is 13.4. The normalized spacial score (nSPS) is 19.4. The second kappa shape index (κ2) is 11.0. The second-order valence-electron chi connectivity index (χ2n) is 9.06. The van der Waals surface area contributed by atoms with E-state index in [1.165, 1.54) is 26.2 Å². The zero-order chi connectivity index (χ0) is 25.9. The van der Waals surface area contributed by atoms with Crippen LogP contribution in [0.5, 0.6) is 5.75 Å². The summed E-state index contributed by atoms with van der Waals surface area (Å²) < 4.78 is 36.9. The summed E-state index contributed by atoms with van der Waals surface area (Å²) in [7, 11) is 0.939. The Hall–Kier alpha value is -2.92. The molecule has 2 aliphatic heterocycles. The van der Waals surface area contributed by atoms with Crippen LogP contribution in [0.3, 0.4) is 0 Å². The first-order chi connectivity index (χ1) is 17.2. The quantitative estimate of drug-likeness (QED) is 0.548. The van der Waals surface area contributed by atoms with Crippen molar-refractivity contribution in [1.29, 1.82) is 0 Å². The van der Waals surface area contributed by atoms with Crippen LogP contribution >= 0.6 is 0 Å². The third-order valence-electron chi connectivity index (χ3n) is 6.66. The van der Waals surface area contributed by atoms with Gasteiger partial charge in [-0.2, -0.15) is 0 Å². The van der Waals surface area contributed by atoms with Crippen molar-refractivity contribution in [1.82, 2.24) is 14.1 Å². The van der Waals surface area contributed by atoms with Crippen LogP contribution in [0.15, 0.2) is 59.2 Å². The number of carbonyl (C=O) groups excluding carboxylic acids is 1. The molecule has 4 rings (SSSR count). The van der Waals surface area contributed by atoms with Crippen molar-refractivity contribution in [2.24, 2.45) is 0 Å². The maximum absolute atomic E-state index is 13.3. The molecule has 36 heavy (non-hydrogen) atoms. The molecular formula is C26H33N3O6S. The molecule has 0 spiro atoms. The van der Waals surface area contributed by atoms with Gasteiger partial charge in [-0.3, -0.25) is 9.69 Å². The van der Waals surface area contributed by atoms with Crippen molar-refractivity contribution in [3.05, 3.63) is 65.4 Å². The number of aliphatic hydroxyl groups excluding tert-OH is 1. The van der Waals surface area contributed by atoms with Crippen molar-refractivity contribution in [3.8, 4) is 5.75 Å². The molecule has 10 heteroatoms. The van der Waals surface area contributed by atoms with Gasteiger partial charge in [0.05, 0.1) is 31.3 Å². The summed E-state index contributed by atoms with van der Waals surface area (Å²) in [5.41, 5.74) is 1.89. The van der Waals surface area contributed by atoms with Gasteiger partial charge in [0.15, 0.2) is 5.76 Å². The Kier molecular flexibility index (Phi) is 7.99. The van der Waals surface area contributed by atoms with Crippen LogP contribution in [0.1, 0.15) is 23.6 Å². The molecule has 2 aliphatic rings. The highest BCUT2D eigenvalue weighted by Crippen LogP contribution is 2.43. The summed E-state index contributed by atoms with van der Waals surface area (Å²) in [6.45, 7) is 4.45. The molecule has 1 saturated heterocycles. The highest BCUT2D eigenvalue weighted by molar-refractivity contribution is 7.89. The Morgan fingerprint density at radius 3 is 2.25 bits per heavy atom. The van der Waals surface area contributed by atoms with Crippen LogP contribution in [0.4, 0.5) is 0 Å². The molecule has 1 amide bonds. The summed E-state index contributed by atoms with van der Waals surface area (Å²) in [5, 5.41) is 11.0. The Morgan fingerprint density at radius 1 is 1.03 bits per heavy atom. The number of hydrogen-bond acceptors (Lipinski definition) is 7. The number of benzene rings is 2. The van der Waals surface area contributed by atoms with E-state index in [0.717, 1.165) is 35.9 Å². The lowest BCUT2D eigenvalue weighted by Crippen LogP contribution is -2.39. The fourth-order valence-electron chi connectivity index (χ4n) is 4.62.